The molecule has 1 heterocycles. The third kappa shape index (κ3) is 4.07. The predicted molar refractivity (Wildman–Crippen MR) is 92.9 cm³/mol. The van der Waals surface area contributed by atoms with E-state index in [1.807, 2.05) is 11.3 Å². The molecule has 21 heavy (non-hydrogen) atoms. The molecule has 1 atom stereocenters. The van der Waals surface area contributed by atoms with Gasteiger partial charge in [-0.05, 0) is 63.3 Å². The Morgan fingerprint density at radius 1 is 1.19 bits per heavy atom. The zero-order valence-corrected chi connectivity index (χ0v) is 15.4. The van der Waals surface area contributed by atoms with Crippen molar-refractivity contribution in [1.29, 1.82) is 0 Å². The van der Waals surface area contributed by atoms with Crippen LogP contribution >= 0.6 is 11.3 Å². The number of thiazole rings is 1. The first-order valence-electron chi connectivity index (χ1n) is 8.50. The van der Waals surface area contributed by atoms with E-state index in [1.165, 1.54) is 41.3 Å². The van der Waals surface area contributed by atoms with Gasteiger partial charge in [-0.1, -0.05) is 27.7 Å². The van der Waals surface area contributed by atoms with Crippen molar-refractivity contribution in [2.24, 2.45) is 17.3 Å². The number of aryl methyl sites for hydroxylation is 2. The first kappa shape index (κ1) is 17.0. The summed E-state index contributed by atoms with van der Waals surface area (Å²) in [6.45, 7) is 14.8. The summed E-state index contributed by atoms with van der Waals surface area (Å²) in [5.74, 6) is 1.64. The van der Waals surface area contributed by atoms with Gasteiger partial charge in [0.15, 0.2) is 0 Å². The van der Waals surface area contributed by atoms with Gasteiger partial charge in [0, 0.05) is 4.88 Å². The third-order valence-corrected chi connectivity index (χ3v) is 6.36. The van der Waals surface area contributed by atoms with Crippen molar-refractivity contribution in [3.05, 3.63) is 15.6 Å². The van der Waals surface area contributed by atoms with Crippen LogP contribution in [-0.2, 0) is 0 Å². The van der Waals surface area contributed by atoms with Gasteiger partial charge in [-0.3, -0.25) is 0 Å². The van der Waals surface area contributed by atoms with Gasteiger partial charge >= 0.3 is 0 Å². The van der Waals surface area contributed by atoms with Gasteiger partial charge in [0.05, 0.1) is 11.7 Å². The van der Waals surface area contributed by atoms with Crippen LogP contribution < -0.4 is 5.32 Å². The summed E-state index contributed by atoms with van der Waals surface area (Å²) in [5.41, 5.74) is 1.67. The number of nitrogens with zero attached hydrogens (tertiary/aromatic N) is 1. The highest BCUT2D eigenvalue weighted by atomic mass is 32.1. The fourth-order valence-corrected chi connectivity index (χ4v) is 4.72. The van der Waals surface area contributed by atoms with Crippen LogP contribution in [0, 0.1) is 31.1 Å². The van der Waals surface area contributed by atoms with E-state index in [0.29, 0.717) is 11.5 Å². The van der Waals surface area contributed by atoms with Gasteiger partial charge < -0.3 is 5.32 Å². The Morgan fingerprint density at radius 3 is 2.24 bits per heavy atom. The van der Waals surface area contributed by atoms with E-state index in [0.717, 1.165) is 18.4 Å². The molecule has 0 radical (unpaired) electrons. The molecule has 2 nitrogen and oxygen atoms in total. The van der Waals surface area contributed by atoms with Gasteiger partial charge in [0.1, 0.15) is 5.01 Å². The lowest BCUT2D eigenvalue weighted by atomic mass is 9.68. The molecule has 120 valence electrons. The highest BCUT2D eigenvalue weighted by Gasteiger charge is 2.34. The molecule has 2 rings (SSSR count). The van der Waals surface area contributed by atoms with Gasteiger partial charge in [-0.25, -0.2) is 4.98 Å². The number of rotatable bonds is 4. The first-order valence-corrected chi connectivity index (χ1v) is 9.31. The second kappa shape index (κ2) is 6.78. The minimum Gasteiger partial charge on any atom is -0.308 e. The molecule has 1 aliphatic carbocycles. The zero-order chi connectivity index (χ0) is 15.6. The lowest BCUT2D eigenvalue weighted by Crippen LogP contribution is -2.33. The summed E-state index contributed by atoms with van der Waals surface area (Å²) in [6.07, 6.45) is 5.44. The van der Waals surface area contributed by atoms with Crippen LogP contribution in [-0.4, -0.2) is 11.5 Å². The van der Waals surface area contributed by atoms with Gasteiger partial charge in [-0.2, -0.15) is 0 Å². The predicted octanol–water partition coefficient (Wildman–Crippen LogP) is 5.26. The summed E-state index contributed by atoms with van der Waals surface area (Å²) >= 11 is 1.89. The standard InChI is InChI=1S/C18H32N2S/c1-7-19-16(17-20-12(2)13(3)21-17)14-8-10-15(11-9-14)18(4,5)6/h14-16,19H,7-11H2,1-6H3. The average Bonchev–Trinajstić information content (AvgIpc) is 2.75. The fraction of sp³-hybridized carbons (Fsp3) is 0.833. The molecule has 1 saturated carbocycles. The van der Waals surface area contributed by atoms with E-state index < -0.39 is 0 Å². The number of nitrogens with one attached hydrogen (secondary N) is 1. The molecule has 1 fully saturated rings. The summed E-state index contributed by atoms with van der Waals surface area (Å²) < 4.78 is 0. The Hall–Kier alpha value is -0.410. The maximum atomic E-state index is 4.83. The maximum Gasteiger partial charge on any atom is 0.110 e. The first-order chi connectivity index (χ1) is 9.82. The Kier molecular flexibility index (Phi) is 5.48. The molecule has 1 aromatic heterocycles. The Morgan fingerprint density at radius 2 is 1.81 bits per heavy atom. The van der Waals surface area contributed by atoms with Crippen LogP contribution in [0.5, 0.6) is 0 Å². The topological polar surface area (TPSA) is 24.9 Å². The summed E-state index contributed by atoms with van der Waals surface area (Å²) in [7, 11) is 0. The average molecular weight is 309 g/mol. The molecule has 0 aliphatic heterocycles. The molecular formula is C18H32N2S. The van der Waals surface area contributed by atoms with E-state index in [2.05, 4.69) is 46.9 Å². The molecule has 1 N–H and O–H groups in total. The highest BCUT2D eigenvalue weighted by molar-refractivity contribution is 7.11. The number of hydrogen-bond donors (Lipinski definition) is 1. The van der Waals surface area contributed by atoms with Crippen molar-refractivity contribution in [2.45, 2.75) is 73.3 Å². The fourth-order valence-electron chi connectivity index (χ4n) is 3.62. The maximum absolute atomic E-state index is 4.83. The quantitative estimate of drug-likeness (QED) is 0.820. The van der Waals surface area contributed by atoms with Gasteiger partial charge in [0.25, 0.3) is 0 Å². The van der Waals surface area contributed by atoms with Crippen molar-refractivity contribution < 1.29 is 0 Å². The van der Waals surface area contributed by atoms with Gasteiger partial charge in [-0.15, -0.1) is 11.3 Å². The normalized spacial score (nSPS) is 25.0. The van der Waals surface area contributed by atoms with Crippen molar-refractivity contribution in [3.8, 4) is 0 Å². The third-order valence-electron chi connectivity index (χ3n) is 5.20. The molecule has 0 bridgehead atoms. The molecule has 0 amide bonds. The zero-order valence-electron chi connectivity index (χ0n) is 14.6. The van der Waals surface area contributed by atoms with Crippen molar-refractivity contribution in [1.82, 2.24) is 10.3 Å². The van der Waals surface area contributed by atoms with Crippen molar-refractivity contribution >= 4 is 11.3 Å². The molecule has 1 aliphatic rings. The van der Waals surface area contributed by atoms with E-state index >= 15 is 0 Å². The van der Waals surface area contributed by atoms with Crippen molar-refractivity contribution in [2.75, 3.05) is 6.54 Å². The van der Waals surface area contributed by atoms with E-state index in [-0.39, 0.29) is 0 Å². The van der Waals surface area contributed by atoms with E-state index in [1.54, 1.807) is 0 Å². The van der Waals surface area contributed by atoms with Crippen LogP contribution in [0.2, 0.25) is 0 Å². The van der Waals surface area contributed by atoms with Crippen LogP contribution in [0.4, 0.5) is 0 Å². The smallest absolute Gasteiger partial charge is 0.110 e. The number of hydrogen-bond acceptors (Lipinski definition) is 3. The Bertz CT molecular complexity index is 431. The highest BCUT2D eigenvalue weighted by Crippen LogP contribution is 2.44. The van der Waals surface area contributed by atoms with Crippen molar-refractivity contribution in [3.63, 3.8) is 0 Å². The molecular weight excluding hydrogens is 276 g/mol. The summed E-state index contributed by atoms with van der Waals surface area (Å²) in [4.78, 5) is 6.20. The Balaban J connectivity index is 2.07. The lowest BCUT2D eigenvalue weighted by Gasteiger charge is -2.39. The minimum absolute atomic E-state index is 0.465. The molecule has 1 unspecified atom stereocenters. The van der Waals surface area contributed by atoms with Crippen LogP contribution in [0.3, 0.4) is 0 Å². The number of aromatic nitrogens is 1. The van der Waals surface area contributed by atoms with Crippen LogP contribution in [0.25, 0.3) is 0 Å². The monoisotopic (exact) mass is 308 g/mol. The Labute approximate surface area is 134 Å². The second-order valence-corrected chi connectivity index (χ2v) is 8.94. The minimum atomic E-state index is 0.465. The molecule has 0 aromatic carbocycles. The lowest BCUT2D eigenvalue weighted by molar-refractivity contribution is 0.133. The second-order valence-electron chi connectivity index (χ2n) is 7.71. The largest absolute Gasteiger partial charge is 0.308 e. The molecule has 1 aromatic rings. The SMILES string of the molecule is CCNC(c1nc(C)c(C)s1)C1CCC(C(C)(C)C)CC1. The van der Waals surface area contributed by atoms with Crippen LogP contribution in [0.1, 0.15) is 75.0 Å². The summed E-state index contributed by atoms with van der Waals surface area (Å²) in [6, 6.07) is 0.466. The van der Waals surface area contributed by atoms with Crippen LogP contribution in [0.15, 0.2) is 0 Å². The molecule has 0 spiro atoms. The molecule has 0 saturated heterocycles. The van der Waals surface area contributed by atoms with E-state index in [9.17, 15) is 0 Å². The summed E-state index contributed by atoms with van der Waals surface area (Å²) in [5, 5.41) is 5.02. The van der Waals surface area contributed by atoms with Gasteiger partial charge in [0.2, 0.25) is 0 Å². The van der Waals surface area contributed by atoms with E-state index in [4.69, 9.17) is 4.98 Å². The molecule has 3 heteroatoms.